The van der Waals surface area contributed by atoms with E-state index in [4.69, 9.17) is 10.4 Å². The first-order chi connectivity index (χ1) is 9.89. The molecule has 0 aliphatic rings. The fourth-order valence-electron chi connectivity index (χ4n) is 1.64. The van der Waals surface area contributed by atoms with Crippen molar-refractivity contribution in [3.8, 4) is 6.07 Å². The molecule has 7 heteroatoms. The van der Waals surface area contributed by atoms with Gasteiger partial charge in [-0.05, 0) is 23.6 Å². The predicted octanol–water partition coefficient (Wildman–Crippen LogP) is 1.51. The quantitative estimate of drug-likeness (QED) is 0.742. The van der Waals surface area contributed by atoms with Crippen molar-refractivity contribution in [3.05, 3.63) is 41.5 Å². The van der Waals surface area contributed by atoms with Crippen LogP contribution in [0.2, 0.25) is 0 Å². The Kier molecular flexibility index (Phi) is 6.09. The monoisotopic (exact) mass is 308 g/mol. The Hall–Kier alpha value is -2.17. The van der Waals surface area contributed by atoms with Crippen LogP contribution in [0.3, 0.4) is 0 Å². The molecule has 0 saturated heterocycles. The van der Waals surface area contributed by atoms with Crippen LogP contribution in [0.15, 0.2) is 30.3 Å². The second-order valence-electron chi connectivity index (χ2n) is 4.31. The van der Waals surface area contributed by atoms with Crippen LogP contribution >= 0.6 is 0 Å². The first kappa shape index (κ1) is 16.9. The Bertz CT molecular complexity index is 674. The smallest absolute Gasteiger partial charge is 0.328 e. The molecule has 21 heavy (non-hydrogen) atoms. The number of carbonyl (C=O) groups is 1. The third-order valence-corrected chi connectivity index (χ3v) is 4.47. The fourth-order valence-corrected chi connectivity index (χ4v) is 2.79. The summed E-state index contributed by atoms with van der Waals surface area (Å²) in [6.45, 7) is 1.68. The van der Waals surface area contributed by atoms with Crippen LogP contribution in [0.25, 0.3) is 6.08 Å². The maximum absolute atomic E-state index is 11.8. The zero-order chi connectivity index (χ0) is 15.9. The summed E-state index contributed by atoms with van der Waals surface area (Å²) in [6, 6.07) is 8.55. The van der Waals surface area contributed by atoms with Gasteiger partial charge in [0.2, 0.25) is 10.0 Å². The molecule has 1 unspecified atom stereocenters. The molecule has 0 aliphatic heterocycles. The van der Waals surface area contributed by atoms with E-state index in [0.29, 0.717) is 11.1 Å². The molecule has 0 amide bonds. The van der Waals surface area contributed by atoms with Crippen molar-refractivity contribution >= 4 is 22.1 Å². The Morgan fingerprint density at radius 1 is 1.52 bits per heavy atom. The molecule has 1 aromatic carbocycles. The number of nitrogens with zero attached hydrogens (tertiary/aromatic N) is 1. The molecular weight excluding hydrogens is 292 g/mol. The first-order valence-electron chi connectivity index (χ1n) is 6.27. The van der Waals surface area contributed by atoms with Gasteiger partial charge in [0, 0.05) is 12.6 Å². The minimum Gasteiger partial charge on any atom is -0.478 e. The minimum absolute atomic E-state index is 0.0509. The zero-order valence-corrected chi connectivity index (χ0v) is 12.3. The lowest BCUT2D eigenvalue weighted by molar-refractivity contribution is -0.131. The van der Waals surface area contributed by atoms with E-state index in [1.807, 2.05) is 0 Å². The molecule has 0 fully saturated rings. The summed E-state index contributed by atoms with van der Waals surface area (Å²) in [6.07, 6.45) is 2.64. The number of hydrogen-bond acceptors (Lipinski definition) is 4. The molecule has 112 valence electrons. The summed E-state index contributed by atoms with van der Waals surface area (Å²) in [4.78, 5) is 10.4. The third kappa shape index (κ3) is 5.38. The molecule has 6 nitrogen and oxygen atoms in total. The van der Waals surface area contributed by atoms with E-state index in [-0.39, 0.29) is 13.0 Å². The Morgan fingerprint density at radius 3 is 2.81 bits per heavy atom. The second kappa shape index (κ2) is 7.57. The summed E-state index contributed by atoms with van der Waals surface area (Å²) in [5.74, 6) is -1.05. The molecule has 0 bridgehead atoms. The largest absolute Gasteiger partial charge is 0.478 e. The molecule has 0 radical (unpaired) electrons. The molecule has 0 spiro atoms. The number of nitriles is 1. The minimum atomic E-state index is -3.68. The molecule has 1 aromatic rings. The molecule has 0 aliphatic carbocycles. The van der Waals surface area contributed by atoms with E-state index in [2.05, 4.69) is 4.72 Å². The highest BCUT2D eigenvalue weighted by atomic mass is 32.2. The lowest BCUT2D eigenvalue weighted by Gasteiger charge is -2.10. The summed E-state index contributed by atoms with van der Waals surface area (Å²) in [5, 5.41) is 16.3. The van der Waals surface area contributed by atoms with E-state index >= 15 is 0 Å². The highest BCUT2D eigenvalue weighted by Gasteiger charge is 2.22. The van der Waals surface area contributed by atoms with Gasteiger partial charge in [0.05, 0.1) is 6.07 Å². The lowest BCUT2D eigenvalue weighted by atomic mass is 10.1. The molecule has 0 heterocycles. The molecule has 1 atom stereocenters. The molecule has 0 aromatic heterocycles. The summed E-state index contributed by atoms with van der Waals surface area (Å²) < 4.78 is 26.1. The SMILES string of the molecule is CCC(C#N)S(=O)(=O)NCc1cccc(C=CC(=O)O)c1. The highest BCUT2D eigenvalue weighted by molar-refractivity contribution is 7.90. The van der Waals surface area contributed by atoms with Crippen molar-refractivity contribution in [3.63, 3.8) is 0 Å². The van der Waals surface area contributed by atoms with Gasteiger partial charge in [0.15, 0.2) is 5.25 Å². The molecule has 0 saturated carbocycles. The van der Waals surface area contributed by atoms with Crippen molar-refractivity contribution in [1.82, 2.24) is 4.72 Å². The van der Waals surface area contributed by atoms with Crippen LogP contribution in [0.4, 0.5) is 0 Å². The number of carboxylic acid groups (broad SMARTS) is 1. The lowest BCUT2D eigenvalue weighted by Crippen LogP contribution is -2.32. The van der Waals surface area contributed by atoms with Gasteiger partial charge < -0.3 is 5.11 Å². The topological polar surface area (TPSA) is 107 Å². The Labute approximate surface area is 123 Å². The van der Waals surface area contributed by atoms with Crippen LogP contribution in [-0.4, -0.2) is 24.7 Å². The summed E-state index contributed by atoms with van der Waals surface area (Å²) in [7, 11) is -3.68. The fraction of sp³-hybridized carbons (Fsp3) is 0.286. The molecule has 2 N–H and O–H groups in total. The van der Waals surface area contributed by atoms with Gasteiger partial charge in [-0.1, -0.05) is 31.2 Å². The van der Waals surface area contributed by atoms with Crippen LogP contribution in [0, 0.1) is 11.3 Å². The van der Waals surface area contributed by atoms with E-state index in [1.54, 1.807) is 37.3 Å². The number of hydrogen-bond donors (Lipinski definition) is 2. The van der Waals surface area contributed by atoms with Gasteiger partial charge in [-0.25, -0.2) is 17.9 Å². The Morgan fingerprint density at radius 2 is 2.24 bits per heavy atom. The average Bonchev–Trinajstić information content (AvgIpc) is 2.44. The van der Waals surface area contributed by atoms with Crippen molar-refractivity contribution in [2.75, 3.05) is 0 Å². The number of carboxylic acids is 1. The van der Waals surface area contributed by atoms with Gasteiger partial charge in [0.1, 0.15) is 0 Å². The number of nitrogens with one attached hydrogen (secondary N) is 1. The van der Waals surface area contributed by atoms with Gasteiger partial charge in [-0.2, -0.15) is 5.26 Å². The van der Waals surface area contributed by atoms with Crippen molar-refractivity contribution in [2.45, 2.75) is 25.1 Å². The van der Waals surface area contributed by atoms with Gasteiger partial charge in [-0.15, -0.1) is 0 Å². The van der Waals surface area contributed by atoms with Crippen LogP contribution < -0.4 is 4.72 Å². The van der Waals surface area contributed by atoms with Crippen molar-refractivity contribution < 1.29 is 18.3 Å². The standard InChI is InChI=1S/C14H16N2O4S/c1-2-13(9-15)21(19,20)16-10-12-5-3-4-11(8-12)6-7-14(17)18/h3-8,13,16H,2,10H2,1H3,(H,17,18). The first-order valence-corrected chi connectivity index (χ1v) is 7.81. The van der Waals surface area contributed by atoms with E-state index in [0.717, 1.165) is 6.08 Å². The highest BCUT2D eigenvalue weighted by Crippen LogP contribution is 2.09. The van der Waals surface area contributed by atoms with Crippen molar-refractivity contribution in [2.24, 2.45) is 0 Å². The molecular formula is C14H16N2O4S. The number of benzene rings is 1. The average molecular weight is 308 g/mol. The zero-order valence-electron chi connectivity index (χ0n) is 11.5. The normalized spacial score (nSPS) is 13.0. The summed E-state index contributed by atoms with van der Waals surface area (Å²) in [5.41, 5.74) is 1.33. The van der Waals surface area contributed by atoms with E-state index in [1.165, 1.54) is 6.08 Å². The number of aliphatic carboxylic acids is 1. The van der Waals surface area contributed by atoms with Crippen LogP contribution in [0.5, 0.6) is 0 Å². The van der Waals surface area contributed by atoms with E-state index < -0.39 is 21.2 Å². The van der Waals surface area contributed by atoms with Crippen LogP contribution in [-0.2, 0) is 21.4 Å². The maximum atomic E-state index is 11.8. The van der Waals surface area contributed by atoms with E-state index in [9.17, 15) is 13.2 Å². The Balaban J connectivity index is 2.79. The predicted molar refractivity (Wildman–Crippen MR) is 78.6 cm³/mol. The number of sulfonamides is 1. The molecule has 1 rings (SSSR count). The van der Waals surface area contributed by atoms with Crippen molar-refractivity contribution in [1.29, 1.82) is 5.26 Å². The van der Waals surface area contributed by atoms with Gasteiger partial charge in [-0.3, -0.25) is 0 Å². The van der Waals surface area contributed by atoms with Gasteiger partial charge >= 0.3 is 5.97 Å². The maximum Gasteiger partial charge on any atom is 0.328 e. The summed E-state index contributed by atoms with van der Waals surface area (Å²) >= 11 is 0. The third-order valence-electron chi connectivity index (χ3n) is 2.74. The van der Waals surface area contributed by atoms with Crippen LogP contribution in [0.1, 0.15) is 24.5 Å². The second-order valence-corrected chi connectivity index (χ2v) is 6.26. The van der Waals surface area contributed by atoms with Gasteiger partial charge in [0.25, 0.3) is 0 Å². The number of rotatable bonds is 7.